The van der Waals surface area contributed by atoms with E-state index in [-0.39, 0.29) is 30.0 Å². The molecule has 0 saturated carbocycles. The average Bonchev–Trinajstić information content (AvgIpc) is 3.95. The Bertz CT molecular complexity index is 2220. The van der Waals surface area contributed by atoms with Crippen LogP contribution in [0.5, 0.6) is 5.75 Å². The Morgan fingerprint density at radius 2 is 1.81 bits per heavy atom. The van der Waals surface area contributed by atoms with Gasteiger partial charge in [-0.1, -0.05) is 45.4 Å². The minimum atomic E-state index is -0.599. The number of carbonyl (C=O) groups is 2. The highest BCUT2D eigenvalue weighted by Crippen LogP contribution is 2.44. The number of aromatic nitrogens is 4. The molecule has 3 aliphatic heterocycles. The number of nitrogens with zero attached hydrogens (tertiary/aromatic N) is 4. The van der Waals surface area contributed by atoms with Gasteiger partial charge in [-0.3, -0.25) is 9.69 Å². The fourth-order valence-corrected chi connectivity index (χ4v) is 8.49. The van der Waals surface area contributed by atoms with Gasteiger partial charge in [-0.2, -0.15) is 0 Å². The first-order valence-electron chi connectivity index (χ1n) is 19.4. The number of carbonyl (C=O) groups excluding carboxylic acids is 2. The van der Waals surface area contributed by atoms with Crippen molar-refractivity contribution in [1.29, 1.82) is 0 Å². The molecular formula is C43H52N6O5. The molecule has 5 atom stereocenters. The van der Waals surface area contributed by atoms with E-state index in [1.165, 1.54) is 0 Å². The van der Waals surface area contributed by atoms with Crippen LogP contribution in [0.3, 0.4) is 0 Å². The van der Waals surface area contributed by atoms with E-state index in [0.29, 0.717) is 38.0 Å². The molecule has 3 aromatic carbocycles. The number of rotatable bonds is 8. The van der Waals surface area contributed by atoms with E-state index in [2.05, 4.69) is 73.2 Å². The molecule has 3 unspecified atom stereocenters. The van der Waals surface area contributed by atoms with Crippen molar-refractivity contribution in [1.82, 2.24) is 29.7 Å². The van der Waals surface area contributed by atoms with E-state index in [1.54, 1.807) is 12.0 Å². The Morgan fingerprint density at radius 3 is 2.59 bits per heavy atom. The lowest BCUT2D eigenvalue weighted by Crippen LogP contribution is -2.37. The number of aromatic amines is 2. The van der Waals surface area contributed by atoms with Crippen molar-refractivity contribution in [3.63, 3.8) is 0 Å². The van der Waals surface area contributed by atoms with Gasteiger partial charge in [0.1, 0.15) is 29.6 Å². The van der Waals surface area contributed by atoms with Gasteiger partial charge in [0, 0.05) is 43.5 Å². The number of amides is 2. The van der Waals surface area contributed by atoms with Gasteiger partial charge >= 0.3 is 6.09 Å². The van der Waals surface area contributed by atoms with Crippen LogP contribution in [0.2, 0.25) is 0 Å². The predicted molar refractivity (Wildman–Crippen MR) is 209 cm³/mol. The molecular weight excluding hydrogens is 681 g/mol. The van der Waals surface area contributed by atoms with Crippen molar-refractivity contribution in [2.45, 2.75) is 91.5 Å². The van der Waals surface area contributed by atoms with Gasteiger partial charge in [-0.05, 0) is 91.8 Å². The SMILES string of the molecule is CCC(C)CC(=O)N1C[C@@H](C)CC1c1ncc(-c2ccc3c(c2)COc2cc4c(ccc5[nH]c([C@@H]6CC(COC)CN6C(=O)OC(C)(C)C)nc54)cc2-3)[nH]1. The molecule has 2 amide bonds. The monoisotopic (exact) mass is 732 g/mol. The van der Waals surface area contributed by atoms with Crippen molar-refractivity contribution < 1.29 is 23.8 Å². The Kier molecular flexibility index (Phi) is 9.40. The molecule has 5 aromatic rings. The third-order valence-corrected chi connectivity index (χ3v) is 11.4. The Balaban J connectivity index is 1.06. The molecule has 0 spiro atoms. The number of imidazole rings is 2. The molecule has 8 rings (SSSR count). The summed E-state index contributed by atoms with van der Waals surface area (Å²) in [5.74, 6) is 3.62. The summed E-state index contributed by atoms with van der Waals surface area (Å²) in [6.45, 7) is 14.5. The summed E-state index contributed by atoms with van der Waals surface area (Å²) < 4.78 is 17.7. The lowest BCUT2D eigenvalue weighted by Gasteiger charge is -2.27. The number of fused-ring (bicyclic) bond motifs is 6. The minimum Gasteiger partial charge on any atom is -0.488 e. The van der Waals surface area contributed by atoms with E-state index in [4.69, 9.17) is 24.2 Å². The normalized spacial score (nSPS) is 21.7. The molecule has 5 heterocycles. The largest absolute Gasteiger partial charge is 0.488 e. The number of likely N-dealkylation sites (tertiary alicyclic amines) is 2. The minimum absolute atomic E-state index is 0.0295. The predicted octanol–water partition coefficient (Wildman–Crippen LogP) is 8.96. The third kappa shape index (κ3) is 6.83. The Labute approximate surface area is 316 Å². The topological polar surface area (TPSA) is 126 Å². The number of hydrogen-bond acceptors (Lipinski definition) is 7. The van der Waals surface area contributed by atoms with Gasteiger partial charge in [-0.15, -0.1) is 0 Å². The first kappa shape index (κ1) is 36.1. The van der Waals surface area contributed by atoms with E-state index in [9.17, 15) is 9.59 Å². The number of nitrogens with one attached hydrogen (secondary N) is 2. The molecule has 2 saturated heterocycles. The highest BCUT2D eigenvalue weighted by molar-refractivity contribution is 6.07. The number of methoxy groups -OCH3 is 1. The molecule has 2 fully saturated rings. The van der Waals surface area contributed by atoms with Crippen molar-refractivity contribution >= 4 is 33.8 Å². The fraction of sp³-hybridized carbons (Fsp3) is 0.488. The number of hydrogen-bond donors (Lipinski definition) is 2. The fourth-order valence-electron chi connectivity index (χ4n) is 8.49. The molecule has 0 radical (unpaired) electrons. The highest BCUT2D eigenvalue weighted by Gasteiger charge is 2.40. The summed E-state index contributed by atoms with van der Waals surface area (Å²) in [5, 5.41) is 2.05. The lowest BCUT2D eigenvalue weighted by atomic mass is 9.92. The quantitative estimate of drug-likeness (QED) is 0.163. The van der Waals surface area contributed by atoms with Crippen LogP contribution < -0.4 is 4.74 Å². The first-order valence-corrected chi connectivity index (χ1v) is 19.4. The van der Waals surface area contributed by atoms with Crippen LogP contribution >= 0.6 is 0 Å². The number of H-pyrrole nitrogens is 2. The van der Waals surface area contributed by atoms with Gasteiger partial charge in [-0.25, -0.2) is 14.8 Å². The Hall–Kier alpha value is -4.90. The summed E-state index contributed by atoms with van der Waals surface area (Å²) in [6.07, 6.45) is 4.77. The molecule has 284 valence electrons. The molecule has 11 heteroatoms. The summed E-state index contributed by atoms with van der Waals surface area (Å²) in [7, 11) is 1.69. The summed E-state index contributed by atoms with van der Waals surface area (Å²) in [5.41, 5.74) is 6.41. The second-order valence-electron chi connectivity index (χ2n) is 16.8. The maximum absolute atomic E-state index is 13.3. The zero-order valence-electron chi connectivity index (χ0n) is 32.5. The van der Waals surface area contributed by atoms with Crippen LogP contribution in [-0.2, 0) is 20.9 Å². The average molecular weight is 733 g/mol. The number of ether oxygens (including phenoxy) is 3. The zero-order chi connectivity index (χ0) is 37.9. The molecule has 2 N–H and O–H groups in total. The van der Waals surface area contributed by atoms with E-state index in [1.807, 2.05) is 31.9 Å². The molecule has 0 aliphatic carbocycles. The van der Waals surface area contributed by atoms with Crippen molar-refractivity contribution in [3.8, 4) is 28.1 Å². The van der Waals surface area contributed by atoms with Gasteiger partial charge in [0.15, 0.2) is 0 Å². The third-order valence-electron chi connectivity index (χ3n) is 11.4. The van der Waals surface area contributed by atoms with Gasteiger partial charge in [0.05, 0.1) is 41.6 Å². The molecule has 54 heavy (non-hydrogen) atoms. The summed E-state index contributed by atoms with van der Waals surface area (Å²) in [4.78, 5) is 47.4. The molecule has 3 aliphatic rings. The summed E-state index contributed by atoms with van der Waals surface area (Å²) in [6, 6.07) is 14.7. The second-order valence-corrected chi connectivity index (χ2v) is 16.8. The highest BCUT2D eigenvalue weighted by atomic mass is 16.6. The molecule has 0 bridgehead atoms. The van der Waals surface area contributed by atoms with Crippen LogP contribution in [0.25, 0.3) is 44.2 Å². The van der Waals surface area contributed by atoms with Gasteiger partial charge < -0.3 is 29.1 Å². The van der Waals surface area contributed by atoms with Crippen LogP contribution in [0.15, 0.2) is 48.7 Å². The maximum Gasteiger partial charge on any atom is 0.410 e. The molecule has 2 aromatic heterocycles. The summed E-state index contributed by atoms with van der Waals surface area (Å²) >= 11 is 0. The van der Waals surface area contributed by atoms with Crippen LogP contribution in [-0.4, -0.2) is 74.1 Å². The van der Waals surface area contributed by atoms with Crippen LogP contribution in [0.1, 0.15) is 96.5 Å². The molecule has 11 nitrogen and oxygen atoms in total. The van der Waals surface area contributed by atoms with Crippen LogP contribution in [0, 0.1) is 17.8 Å². The number of benzene rings is 3. The lowest BCUT2D eigenvalue weighted by molar-refractivity contribution is -0.133. The van der Waals surface area contributed by atoms with E-state index < -0.39 is 5.60 Å². The van der Waals surface area contributed by atoms with Crippen LogP contribution in [0.4, 0.5) is 4.79 Å². The van der Waals surface area contributed by atoms with E-state index in [0.717, 1.165) is 93.0 Å². The smallest absolute Gasteiger partial charge is 0.410 e. The van der Waals surface area contributed by atoms with Crippen molar-refractivity contribution in [2.75, 3.05) is 26.8 Å². The Morgan fingerprint density at radius 1 is 1.00 bits per heavy atom. The van der Waals surface area contributed by atoms with Gasteiger partial charge in [0.25, 0.3) is 0 Å². The van der Waals surface area contributed by atoms with Gasteiger partial charge in [0.2, 0.25) is 5.91 Å². The van der Waals surface area contributed by atoms with Crippen molar-refractivity contribution in [3.05, 3.63) is 65.9 Å². The maximum atomic E-state index is 13.3. The van der Waals surface area contributed by atoms with Crippen molar-refractivity contribution in [2.24, 2.45) is 17.8 Å². The first-order chi connectivity index (χ1) is 25.9. The second kappa shape index (κ2) is 14.1. The standard InChI is InChI=1S/C43H52N6O5/c1-8-24(2)14-38(50)48-20-25(3)13-35(48)40-44-19-34(46-40)28-9-11-30-29(16-28)23-53-37-18-31-27(17-32(30)37)10-12-33-39(31)47-41(45-33)36-15-26(22-52-7)21-49(36)42(51)54-43(4,5)6/h9-12,16-19,24-26,35-36H,8,13-15,20-23H2,1-7H3,(H,44,46)(H,45,47)/t24?,25-,26?,35?,36-/m0/s1. The zero-order valence-corrected chi connectivity index (χ0v) is 32.5. The van der Waals surface area contributed by atoms with E-state index >= 15 is 0 Å².